The van der Waals surface area contributed by atoms with Crippen LogP contribution in [-0.2, 0) is 0 Å². The lowest BCUT2D eigenvalue weighted by Crippen LogP contribution is -2.11. The molecule has 1 aliphatic rings. The number of benzene rings is 1. The van der Waals surface area contributed by atoms with Crippen LogP contribution in [0.25, 0.3) is 16.8 Å². The Morgan fingerprint density at radius 2 is 2.00 bits per heavy atom. The minimum atomic E-state index is -0.441. The van der Waals surface area contributed by atoms with Crippen LogP contribution in [0.5, 0.6) is 0 Å². The van der Waals surface area contributed by atoms with Crippen LogP contribution in [-0.4, -0.2) is 28.2 Å². The van der Waals surface area contributed by atoms with Crippen molar-refractivity contribution >= 4 is 34.7 Å². The highest BCUT2D eigenvalue weighted by Gasteiger charge is 2.25. The first kappa shape index (κ1) is 18.9. The molecule has 0 spiro atoms. The van der Waals surface area contributed by atoms with Crippen molar-refractivity contribution in [3.05, 3.63) is 46.0 Å². The average Bonchev–Trinajstić information content (AvgIpc) is 3.39. The predicted molar refractivity (Wildman–Crippen MR) is 104 cm³/mol. The van der Waals surface area contributed by atoms with Crippen LogP contribution in [0.1, 0.15) is 18.4 Å². The number of aromatic nitrogens is 3. The molecule has 0 bridgehead atoms. The maximum absolute atomic E-state index is 14.5. The summed E-state index contributed by atoms with van der Waals surface area (Å²) in [7, 11) is 1.50. The maximum atomic E-state index is 14.5. The SMILES string of the molecule is CN.Cc1cnn2c(NCC3CC3)c(-c3c(F)cccc3Cl)c(Cl)nc12. The molecule has 0 atom stereocenters. The molecule has 0 saturated heterocycles. The Kier molecular flexibility index (Phi) is 5.65. The van der Waals surface area contributed by atoms with Crippen molar-refractivity contribution < 1.29 is 4.39 Å². The van der Waals surface area contributed by atoms with Crippen LogP contribution >= 0.6 is 23.2 Å². The van der Waals surface area contributed by atoms with E-state index in [0.717, 1.165) is 12.1 Å². The van der Waals surface area contributed by atoms with E-state index in [1.807, 2.05) is 6.92 Å². The van der Waals surface area contributed by atoms with Gasteiger partial charge in [0.05, 0.1) is 16.8 Å². The van der Waals surface area contributed by atoms with E-state index in [0.29, 0.717) is 22.9 Å². The number of fused-ring (bicyclic) bond motifs is 1. The van der Waals surface area contributed by atoms with Gasteiger partial charge < -0.3 is 11.1 Å². The van der Waals surface area contributed by atoms with Gasteiger partial charge in [-0.25, -0.2) is 9.37 Å². The van der Waals surface area contributed by atoms with Crippen molar-refractivity contribution in [2.45, 2.75) is 19.8 Å². The molecule has 5 nitrogen and oxygen atoms in total. The second kappa shape index (κ2) is 7.78. The lowest BCUT2D eigenvalue weighted by atomic mass is 10.1. The molecular weight excluding hydrogens is 376 g/mol. The summed E-state index contributed by atoms with van der Waals surface area (Å²) in [4.78, 5) is 4.40. The van der Waals surface area contributed by atoms with Gasteiger partial charge in [0.15, 0.2) is 5.65 Å². The van der Waals surface area contributed by atoms with Crippen LogP contribution in [0, 0.1) is 18.7 Å². The Morgan fingerprint density at radius 1 is 1.27 bits per heavy atom. The number of hydrogen-bond donors (Lipinski definition) is 2. The molecule has 2 aromatic heterocycles. The molecule has 138 valence electrons. The molecule has 1 aliphatic carbocycles. The van der Waals surface area contributed by atoms with Crippen LogP contribution in [0.4, 0.5) is 10.2 Å². The first-order chi connectivity index (χ1) is 12.6. The van der Waals surface area contributed by atoms with Crippen molar-refractivity contribution in [1.29, 1.82) is 0 Å². The average molecular weight is 396 g/mol. The number of aryl methyl sites for hydroxylation is 1. The Labute approximate surface area is 161 Å². The molecule has 3 aromatic rings. The standard InChI is InChI=1S/C17H15Cl2FN4.CH5N/c1-9-7-22-24-16(9)23-15(19)14(17(24)21-8-10-5-6-10)13-11(18)3-2-4-12(13)20;1-2/h2-4,7,10,21H,5-6,8H2,1H3;2H2,1H3. The van der Waals surface area contributed by atoms with Crippen LogP contribution in [0.15, 0.2) is 24.4 Å². The third-order valence-corrected chi connectivity index (χ3v) is 4.84. The summed E-state index contributed by atoms with van der Waals surface area (Å²) < 4.78 is 16.2. The molecule has 0 unspecified atom stereocenters. The number of nitrogens with two attached hydrogens (primary N) is 1. The zero-order chi connectivity index (χ0) is 18.8. The van der Waals surface area contributed by atoms with E-state index in [9.17, 15) is 4.39 Å². The summed E-state index contributed by atoms with van der Waals surface area (Å²) in [6, 6.07) is 4.57. The fraction of sp³-hybridized carbons (Fsp3) is 0.333. The van der Waals surface area contributed by atoms with E-state index in [2.05, 4.69) is 21.1 Å². The van der Waals surface area contributed by atoms with Crippen LogP contribution in [0.3, 0.4) is 0 Å². The summed E-state index contributed by atoms with van der Waals surface area (Å²) >= 11 is 12.7. The van der Waals surface area contributed by atoms with E-state index >= 15 is 0 Å². The summed E-state index contributed by atoms with van der Waals surface area (Å²) in [5, 5.41) is 8.24. The summed E-state index contributed by atoms with van der Waals surface area (Å²) in [6.07, 6.45) is 4.11. The molecule has 3 N–H and O–H groups in total. The Hall–Kier alpha value is -1.89. The number of hydrogen-bond acceptors (Lipinski definition) is 4. The highest BCUT2D eigenvalue weighted by molar-refractivity contribution is 6.36. The Balaban J connectivity index is 0.000000948. The second-order valence-electron chi connectivity index (χ2n) is 6.11. The summed E-state index contributed by atoms with van der Waals surface area (Å²) in [5.41, 5.74) is 6.73. The molecule has 1 fully saturated rings. The molecule has 4 rings (SSSR count). The molecular formula is C18H20Cl2FN5. The van der Waals surface area contributed by atoms with Crippen LogP contribution < -0.4 is 11.1 Å². The van der Waals surface area contributed by atoms with E-state index in [-0.39, 0.29) is 15.7 Å². The third-order valence-electron chi connectivity index (χ3n) is 4.25. The van der Waals surface area contributed by atoms with Gasteiger partial charge in [0.25, 0.3) is 0 Å². The smallest absolute Gasteiger partial charge is 0.161 e. The fourth-order valence-corrected chi connectivity index (χ4v) is 3.28. The molecule has 1 aromatic carbocycles. The Morgan fingerprint density at radius 3 is 2.65 bits per heavy atom. The first-order valence-electron chi connectivity index (χ1n) is 8.36. The highest BCUT2D eigenvalue weighted by Crippen LogP contribution is 2.40. The number of halogens is 3. The normalized spacial score (nSPS) is 13.5. The van der Waals surface area contributed by atoms with Gasteiger partial charge in [-0.1, -0.05) is 29.3 Å². The predicted octanol–water partition coefficient (Wildman–Crippen LogP) is 4.55. The van der Waals surface area contributed by atoms with Gasteiger partial charge in [-0.15, -0.1) is 0 Å². The van der Waals surface area contributed by atoms with Gasteiger partial charge in [0.2, 0.25) is 0 Å². The first-order valence-corrected chi connectivity index (χ1v) is 9.11. The largest absolute Gasteiger partial charge is 0.369 e. The third kappa shape index (κ3) is 3.49. The number of rotatable bonds is 4. The minimum Gasteiger partial charge on any atom is -0.369 e. The lowest BCUT2D eigenvalue weighted by Gasteiger charge is -2.16. The number of nitrogens with zero attached hydrogens (tertiary/aromatic N) is 3. The zero-order valence-corrected chi connectivity index (χ0v) is 16.1. The molecule has 0 radical (unpaired) electrons. The Bertz CT molecular complexity index is 917. The van der Waals surface area contributed by atoms with Crippen molar-refractivity contribution in [3.8, 4) is 11.1 Å². The molecule has 0 amide bonds. The van der Waals surface area contributed by atoms with Gasteiger partial charge in [-0.2, -0.15) is 9.61 Å². The summed E-state index contributed by atoms with van der Waals surface area (Å²) in [5.74, 6) is 0.813. The van der Waals surface area contributed by atoms with E-state index in [1.165, 1.54) is 26.0 Å². The van der Waals surface area contributed by atoms with Crippen molar-refractivity contribution in [1.82, 2.24) is 14.6 Å². The zero-order valence-electron chi connectivity index (χ0n) is 14.6. The van der Waals surface area contributed by atoms with Crippen LogP contribution in [0.2, 0.25) is 10.2 Å². The summed E-state index contributed by atoms with van der Waals surface area (Å²) in [6.45, 7) is 2.69. The van der Waals surface area contributed by atoms with Gasteiger partial charge >= 0.3 is 0 Å². The molecule has 0 aliphatic heterocycles. The molecule has 1 saturated carbocycles. The monoisotopic (exact) mass is 395 g/mol. The van der Waals surface area contributed by atoms with Gasteiger partial charge in [0, 0.05) is 17.7 Å². The van der Waals surface area contributed by atoms with Gasteiger partial charge in [0.1, 0.15) is 16.8 Å². The highest BCUT2D eigenvalue weighted by atomic mass is 35.5. The molecule has 2 heterocycles. The topological polar surface area (TPSA) is 68.2 Å². The van der Waals surface area contributed by atoms with E-state index < -0.39 is 5.82 Å². The van der Waals surface area contributed by atoms with E-state index in [1.54, 1.807) is 22.8 Å². The fourth-order valence-electron chi connectivity index (χ4n) is 2.76. The number of anilines is 1. The maximum Gasteiger partial charge on any atom is 0.161 e. The van der Waals surface area contributed by atoms with Crippen molar-refractivity contribution in [2.24, 2.45) is 11.7 Å². The molecule has 26 heavy (non-hydrogen) atoms. The second-order valence-corrected chi connectivity index (χ2v) is 6.88. The van der Waals surface area contributed by atoms with Gasteiger partial charge in [-0.05, 0) is 44.9 Å². The molecule has 8 heteroatoms. The quantitative estimate of drug-likeness (QED) is 0.635. The van der Waals surface area contributed by atoms with Gasteiger partial charge in [-0.3, -0.25) is 0 Å². The van der Waals surface area contributed by atoms with Crippen molar-refractivity contribution in [3.63, 3.8) is 0 Å². The minimum absolute atomic E-state index is 0.205. The van der Waals surface area contributed by atoms with E-state index in [4.69, 9.17) is 23.2 Å². The lowest BCUT2D eigenvalue weighted by molar-refractivity contribution is 0.631. The van der Waals surface area contributed by atoms with Crippen molar-refractivity contribution in [2.75, 3.05) is 18.9 Å². The number of nitrogens with one attached hydrogen (secondary N) is 1.